The molecule has 147 heavy (non-hydrogen) atoms. The third-order valence-electron chi connectivity index (χ3n) is 28.7. The SMILES string of the molecule is C=C[C@@H]1C[C@]1(NC(=O)[C@@H]1C[C@@H](Oc2cc(-c3coc(NC(C)C)n3)nc3c(Cl)c(OCCN4CCOCC4(C)C)ccc23)CN1C(=O)[C@@H](NC(=O)OC1C[C@@H]2C[C@@H]2C1)C(C)(C)C)C(=O)O.CC(=O)[O-].CC[C@@H]1C[C@]1(NC(=O)[C@@H]1C[C@@H](Oc2cc(-c3coc(NC(C)C)n3)nc3c(Cl)c(OCCN4CCOCC4(C)C)ccc23)CN1C(=O)[C@@H](NC(=O)OC1C[C@@H]2C[C@@H]2C1)C(C)(C)C)C(=O)O.Cc1ccc(S(=O)(=O)NN)cc1.[Na+]. The van der Waals surface area contributed by atoms with Crippen LogP contribution in [0.3, 0.4) is 0 Å². The van der Waals surface area contributed by atoms with Crippen molar-refractivity contribution < 1.29 is 143 Å². The number of carboxylic acid groups (broad SMARTS) is 3. The van der Waals surface area contributed by atoms with Crippen LogP contribution in [0.1, 0.15) is 187 Å². The maximum Gasteiger partial charge on any atom is 1.00 e. The number of likely N-dealkylation sites (tertiary alicyclic amines) is 2. The summed E-state index contributed by atoms with van der Waals surface area (Å²) in [5.41, 5.74) is -1.55. The van der Waals surface area contributed by atoms with Gasteiger partial charge in [0.15, 0.2) is 0 Å². The first kappa shape index (κ1) is 114. The number of ether oxygens (including phenoxy) is 8. The van der Waals surface area contributed by atoms with E-state index in [0.29, 0.717) is 162 Å². The maximum atomic E-state index is 14.8. The molecule has 3 aromatic carbocycles. The second-order valence-electron chi connectivity index (χ2n) is 43.8. The average Bonchev–Trinajstić information content (AvgIpc) is 1.58. The molecule has 40 nitrogen and oxygen atoms in total. The molecule has 0 radical (unpaired) electrons. The molecule has 44 heteroatoms. The van der Waals surface area contributed by atoms with Crippen molar-refractivity contribution in [2.45, 2.75) is 276 Å². The van der Waals surface area contributed by atoms with Gasteiger partial charge in [0.05, 0.1) is 66.8 Å². The number of aromatic nitrogens is 4. The normalized spacial score (nSPS) is 25.4. The first-order chi connectivity index (χ1) is 68.8. The molecular weight excluding hydrogens is 1970 g/mol. The standard InChI is InChI=1S/C47H64ClN7O10.C47H62ClN7O10.C7H10N2O2S.C2H4O2.Na/c2*1-9-28-21-47(28,42(58)59)53-40(56)34-19-30(22-55(34)41(57)39(45(4,5)6)52-44(60)65-29-17-26-16-27(26)18-29)64-36-20-32(33-23-63-43(51-33)49-25(2)3)50-38-31(36)10-11-35(37(38)48)62-15-13-54-12-14-61-24-46(54,7)8;1-6-2-4-7(5-3-6)12(10,11)9-8;1-2(3)4;/h10-11,20,23,25-30,34,39H,9,12-19,21-22,24H2,1-8H3,(H,49,51)(H,52,60)(H,53,56)(H,58,59);9-11,20,23,25-30,34,39H,1,12-19,21-22,24H2,2-8H3,(H,49,51)(H,52,60)(H,53,56)(H,58,59);2-5,9H,8H2,1H3;1H3,(H,3,4);/q;;;;+1/p-1/t2*26-,27+,28-,29?,30-,34+,39-,47-;;;/m11.../s1. The third kappa shape index (κ3) is 27.5. The van der Waals surface area contributed by atoms with Crippen LogP contribution in [0.4, 0.5) is 21.6 Å². The van der Waals surface area contributed by atoms with Crippen LogP contribution in [0.2, 0.25) is 10.0 Å². The number of carbonyl (C=O) groups excluding carboxylic acids is 7. The maximum absolute atomic E-state index is 14.8. The molecule has 6 amide bonds. The number of sulfonamides is 1. The number of rotatable bonds is 34. The van der Waals surface area contributed by atoms with Crippen LogP contribution in [0.25, 0.3) is 44.6 Å². The average molecular weight is 2110 g/mol. The molecule has 2 unspecified atom stereocenters. The number of carboxylic acids is 3. The summed E-state index contributed by atoms with van der Waals surface area (Å²) in [7, 11) is -3.49. The van der Waals surface area contributed by atoms with Gasteiger partial charge >= 0.3 is 53.7 Å². The Labute approximate surface area is 888 Å². The van der Waals surface area contributed by atoms with Crippen LogP contribution in [0.5, 0.6) is 23.0 Å². The third-order valence-corrected chi connectivity index (χ3v) is 30.7. The number of hydrogen-bond donors (Lipinski definition) is 10. The van der Waals surface area contributed by atoms with E-state index in [1.807, 2.05) is 89.2 Å². The number of fused-ring (bicyclic) bond motifs is 4. The van der Waals surface area contributed by atoms with Gasteiger partial charge in [-0.05, 0) is 197 Å². The Hall–Kier alpha value is -10.4. The fourth-order valence-electron chi connectivity index (χ4n) is 20.2. The number of nitrogens with one attached hydrogen (secondary N) is 7. The summed E-state index contributed by atoms with van der Waals surface area (Å²) in [5, 5.41) is 48.5. The van der Waals surface area contributed by atoms with Gasteiger partial charge in [0, 0.05) is 97.0 Å². The number of amides is 6. The minimum Gasteiger partial charge on any atom is -0.550 e. The fourth-order valence-corrected chi connectivity index (χ4v) is 21.4. The van der Waals surface area contributed by atoms with Crippen LogP contribution >= 0.6 is 23.2 Å². The number of nitrogens with two attached hydrogens (primary N) is 1. The van der Waals surface area contributed by atoms with Crippen molar-refractivity contribution in [2.24, 2.45) is 52.2 Å². The quantitative estimate of drug-likeness (QED) is 0.00779. The zero-order valence-corrected chi connectivity index (χ0v) is 91.2. The number of pyridine rings is 2. The Morgan fingerprint density at radius 2 is 0.986 bits per heavy atom. The van der Waals surface area contributed by atoms with Gasteiger partial charge in [-0.15, -0.1) is 6.58 Å². The summed E-state index contributed by atoms with van der Waals surface area (Å²) in [6, 6.07) is 13.2. The van der Waals surface area contributed by atoms with E-state index in [1.165, 1.54) is 47.0 Å². The molecule has 10 aliphatic rings. The molecule has 16 atom stereocenters. The zero-order chi connectivity index (χ0) is 106. The van der Waals surface area contributed by atoms with Crippen molar-refractivity contribution in [3.05, 3.63) is 101 Å². The second kappa shape index (κ2) is 46.6. The van der Waals surface area contributed by atoms with E-state index in [-0.39, 0.29) is 125 Å². The summed E-state index contributed by atoms with van der Waals surface area (Å²) in [4.78, 5) is 147. The molecular formula is C103H139Cl2N16NaO24S. The van der Waals surface area contributed by atoms with E-state index in [0.717, 1.165) is 57.7 Å². The summed E-state index contributed by atoms with van der Waals surface area (Å²) in [6.07, 6.45) is 7.70. The molecule has 6 saturated carbocycles. The van der Waals surface area contributed by atoms with Crippen LogP contribution in [-0.2, 0) is 62.5 Å². The molecule has 17 rings (SSSR count). The van der Waals surface area contributed by atoms with Crippen LogP contribution in [0.15, 0.2) is 99.6 Å². The Morgan fingerprint density at radius 3 is 1.33 bits per heavy atom. The molecule has 0 spiro atoms. The molecule has 8 heterocycles. The van der Waals surface area contributed by atoms with Crippen molar-refractivity contribution in [3.8, 4) is 45.8 Å². The number of anilines is 2. The van der Waals surface area contributed by atoms with Crippen LogP contribution in [-0.4, -0.2) is 274 Å². The van der Waals surface area contributed by atoms with Gasteiger partial charge in [-0.2, -0.15) is 14.8 Å². The van der Waals surface area contributed by atoms with Gasteiger partial charge in [-0.3, -0.25) is 34.8 Å². The van der Waals surface area contributed by atoms with Crippen molar-refractivity contribution >= 4 is 121 Å². The number of oxazole rings is 2. The monoisotopic (exact) mass is 2110 g/mol. The molecule has 6 aliphatic carbocycles. The summed E-state index contributed by atoms with van der Waals surface area (Å²) < 4.78 is 82.7. The number of morpholine rings is 2. The number of alkyl carbamates (subject to hydrolysis) is 2. The molecule has 11 N–H and O–H groups in total. The fraction of sp³-hybridized carbons (Fsp3) is 0.602. The smallest absolute Gasteiger partial charge is 0.550 e. The van der Waals surface area contributed by atoms with Gasteiger partial charge in [0.25, 0.3) is 22.1 Å². The first-order valence-corrected chi connectivity index (χ1v) is 52.3. The van der Waals surface area contributed by atoms with E-state index in [2.05, 4.69) is 85.9 Å². The van der Waals surface area contributed by atoms with Crippen molar-refractivity contribution in [1.82, 2.24) is 65.6 Å². The predicted octanol–water partition coefficient (Wildman–Crippen LogP) is 8.70. The molecule has 0 bridgehead atoms. The minimum absolute atomic E-state index is 0. The van der Waals surface area contributed by atoms with Crippen molar-refractivity contribution in [2.75, 3.05) is 89.5 Å². The van der Waals surface area contributed by atoms with E-state index < -0.39 is 128 Å². The molecule has 7 aromatic rings. The van der Waals surface area contributed by atoms with Gasteiger partial charge < -0.3 is 109 Å². The zero-order valence-electron chi connectivity index (χ0n) is 86.9. The van der Waals surface area contributed by atoms with E-state index in [4.69, 9.17) is 95.6 Å². The van der Waals surface area contributed by atoms with E-state index in [1.54, 1.807) is 47.3 Å². The summed E-state index contributed by atoms with van der Waals surface area (Å²) in [6.45, 7) is 41.8. The number of halogens is 2. The summed E-state index contributed by atoms with van der Waals surface area (Å²) in [5.74, 6) is 2.30. The molecule has 4 saturated heterocycles. The van der Waals surface area contributed by atoms with E-state index in [9.17, 15) is 57.0 Å². The largest absolute Gasteiger partial charge is 1.00 e. The van der Waals surface area contributed by atoms with Gasteiger partial charge in [-0.25, -0.2) is 37.6 Å². The molecule has 796 valence electrons. The van der Waals surface area contributed by atoms with Crippen molar-refractivity contribution in [3.63, 3.8) is 0 Å². The summed E-state index contributed by atoms with van der Waals surface area (Å²) >= 11 is 14.3. The molecule has 4 aromatic heterocycles. The number of aryl methyl sites for hydroxylation is 1. The minimum atomic E-state index is -3.49. The van der Waals surface area contributed by atoms with Gasteiger partial charge in [0.1, 0.15) is 130 Å². The predicted molar refractivity (Wildman–Crippen MR) is 540 cm³/mol. The van der Waals surface area contributed by atoms with E-state index >= 15 is 0 Å². The number of benzene rings is 3. The second-order valence-corrected chi connectivity index (χ2v) is 46.3. The number of aliphatic carboxylic acids is 3. The number of hydrogen-bond acceptors (Lipinski definition) is 31. The van der Waals surface area contributed by atoms with Crippen LogP contribution < -0.4 is 96.2 Å². The molecule has 10 fully saturated rings. The van der Waals surface area contributed by atoms with Crippen LogP contribution in [0, 0.1) is 53.3 Å². The van der Waals surface area contributed by atoms with Gasteiger partial charge in [-0.1, -0.05) is 102 Å². The first-order valence-electron chi connectivity index (χ1n) is 50.0. The number of carbonyl (C=O) groups is 9. The Morgan fingerprint density at radius 1 is 0.585 bits per heavy atom. The number of nitrogens with zero attached hydrogens (tertiary/aromatic N) is 8. The topological polar surface area (TPSA) is 526 Å². The van der Waals surface area contributed by atoms with Gasteiger partial charge in [0.2, 0.25) is 23.6 Å². The molecule has 4 aliphatic heterocycles. The van der Waals surface area contributed by atoms with Crippen molar-refractivity contribution in [1.29, 1.82) is 0 Å². The Balaban J connectivity index is 0.000000212. The Bertz CT molecular complexity index is 6080. The number of hydrazine groups is 1. The Kier molecular flexibility index (Phi) is 36.0.